The second-order valence-electron chi connectivity index (χ2n) is 6.17. The highest BCUT2D eigenvalue weighted by atomic mass is 19.1. The summed E-state index contributed by atoms with van der Waals surface area (Å²) in [6.45, 7) is 0. The number of hydrazone groups is 1. The van der Waals surface area contributed by atoms with Crippen molar-refractivity contribution >= 4 is 23.7 Å². The zero-order valence-corrected chi connectivity index (χ0v) is 15.9. The Bertz CT molecular complexity index is 1100. The third-order valence-electron chi connectivity index (χ3n) is 4.09. The topological polar surface area (TPSA) is 100 Å². The fourth-order valence-corrected chi connectivity index (χ4v) is 2.53. The Hall–Kier alpha value is -4.20. The summed E-state index contributed by atoms with van der Waals surface area (Å²) < 4.78 is 18.1. The van der Waals surface area contributed by atoms with Crippen LogP contribution in [0.25, 0.3) is 0 Å². The highest BCUT2D eigenvalue weighted by Gasteiger charge is 2.09. The first-order valence-corrected chi connectivity index (χ1v) is 8.83. The zero-order chi connectivity index (χ0) is 21.5. The SMILES string of the molecule is COc1ccc(O)c(/C=N\NC(=O)c2cccc(NC(=O)c3ccc(F)cc3)c2)c1. The number of phenols is 1. The first kappa shape index (κ1) is 20.5. The maximum absolute atomic E-state index is 13.0. The van der Waals surface area contributed by atoms with Crippen molar-refractivity contribution < 1.29 is 23.8 Å². The first-order chi connectivity index (χ1) is 14.5. The summed E-state index contributed by atoms with van der Waals surface area (Å²) in [6.07, 6.45) is 1.29. The van der Waals surface area contributed by atoms with Gasteiger partial charge in [0.2, 0.25) is 0 Å². The standard InChI is InChI=1S/C22H18FN3O4/c1-30-19-9-10-20(27)16(12-19)13-24-26-22(29)15-3-2-4-18(11-15)25-21(28)14-5-7-17(23)8-6-14/h2-13,27H,1H3,(H,25,28)(H,26,29)/b24-13-. The van der Waals surface area contributed by atoms with Crippen LogP contribution in [0.2, 0.25) is 0 Å². The van der Waals surface area contributed by atoms with Crippen molar-refractivity contribution in [2.45, 2.75) is 0 Å². The molecule has 3 aromatic rings. The van der Waals surface area contributed by atoms with E-state index in [4.69, 9.17) is 4.74 Å². The van der Waals surface area contributed by atoms with Gasteiger partial charge in [-0.3, -0.25) is 9.59 Å². The smallest absolute Gasteiger partial charge is 0.271 e. The van der Waals surface area contributed by atoms with E-state index in [1.807, 2.05) is 0 Å². The van der Waals surface area contributed by atoms with Crippen LogP contribution in [0.15, 0.2) is 71.8 Å². The summed E-state index contributed by atoms with van der Waals surface area (Å²) in [4.78, 5) is 24.6. The predicted molar refractivity (Wildman–Crippen MR) is 111 cm³/mol. The maximum Gasteiger partial charge on any atom is 0.271 e. The van der Waals surface area contributed by atoms with E-state index < -0.39 is 17.6 Å². The largest absolute Gasteiger partial charge is 0.507 e. The Morgan fingerprint density at radius 3 is 2.50 bits per heavy atom. The number of nitrogens with zero attached hydrogens (tertiary/aromatic N) is 1. The van der Waals surface area contributed by atoms with Gasteiger partial charge in [0.25, 0.3) is 11.8 Å². The molecular weight excluding hydrogens is 389 g/mol. The number of methoxy groups -OCH3 is 1. The van der Waals surface area contributed by atoms with E-state index in [9.17, 15) is 19.1 Å². The molecule has 3 N–H and O–H groups in total. The third-order valence-corrected chi connectivity index (χ3v) is 4.09. The van der Waals surface area contributed by atoms with E-state index in [0.29, 0.717) is 17.0 Å². The van der Waals surface area contributed by atoms with Gasteiger partial charge in [0.1, 0.15) is 17.3 Å². The molecule has 0 aliphatic rings. The number of rotatable bonds is 6. The van der Waals surface area contributed by atoms with Crippen molar-refractivity contribution in [1.29, 1.82) is 0 Å². The number of benzene rings is 3. The molecule has 0 fully saturated rings. The molecule has 0 bridgehead atoms. The number of ether oxygens (including phenoxy) is 1. The van der Waals surface area contributed by atoms with Gasteiger partial charge in [0.05, 0.1) is 13.3 Å². The maximum atomic E-state index is 13.0. The third kappa shape index (κ3) is 5.20. The number of halogens is 1. The number of amides is 2. The number of phenolic OH excluding ortho intramolecular Hbond substituents is 1. The molecule has 152 valence electrons. The molecule has 7 nitrogen and oxygen atoms in total. The number of hydrogen-bond acceptors (Lipinski definition) is 5. The lowest BCUT2D eigenvalue weighted by molar-refractivity contribution is 0.0953. The summed E-state index contributed by atoms with van der Waals surface area (Å²) in [5.41, 5.74) is 3.67. The molecule has 0 aliphatic heterocycles. The first-order valence-electron chi connectivity index (χ1n) is 8.83. The number of anilines is 1. The number of hydrogen-bond donors (Lipinski definition) is 3. The Morgan fingerprint density at radius 2 is 1.77 bits per heavy atom. The van der Waals surface area contributed by atoms with E-state index in [0.717, 1.165) is 0 Å². The van der Waals surface area contributed by atoms with Gasteiger partial charge in [-0.25, -0.2) is 9.82 Å². The van der Waals surface area contributed by atoms with Crippen molar-refractivity contribution in [3.8, 4) is 11.5 Å². The summed E-state index contributed by atoms with van der Waals surface area (Å²) in [6, 6.07) is 16.0. The van der Waals surface area contributed by atoms with E-state index in [1.165, 1.54) is 49.7 Å². The number of aromatic hydroxyl groups is 1. The Balaban J connectivity index is 1.66. The molecule has 3 aromatic carbocycles. The molecule has 2 amide bonds. The molecule has 0 aromatic heterocycles. The molecule has 0 saturated heterocycles. The Labute approximate surface area is 171 Å². The second-order valence-corrected chi connectivity index (χ2v) is 6.17. The van der Waals surface area contributed by atoms with Crippen LogP contribution in [0.1, 0.15) is 26.3 Å². The fourth-order valence-electron chi connectivity index (χ4n) is 2.53. The summed E-state index contributed by atoms with van der Waals surface area (Å²) in [5, 5.41) is 16.3. The monoisotopic (exact) mass is 407 g/mol. The van der Waals surface area contributed by atoms with Crippen LogP contribution in [-0.2, 0) is 0 Å². The molecular formula is C22H18FN3O4. The van der Waals surface area contributed by atoms with Crippen molar-refractivity contribution in [1.82, 2.24) is 5.43 Å². The fraction of sp³-hybridized carbons (Fsp3) is 0.0455. The van der Waals surface area contributed by atoms with Gasteiger partial charge < -0.3 is 15.2 Å². The van der Waals surface area contributed by atoms with Gasteiger partial charge in [0, 0.05) is 22.4 Å². The van der Waals surface area contributed by atoms with Crippen LogP contribution in [0.3, 0.4) is 0 Å². The van der Waals surface area contributed by atoms with Gasteiger partial charge in [0.15, 0.2) is 0 Å². The predicted octanol–water partition coefficient (Wildman–Crippen LogP) is 3.56. The minimum absolute atomic E-state index is 0.0145. The van der Waals surface area contributed by atoms with Gasteiger partial charge in [-0.15, -0.1) is 0 Å². The number of carbonyl (C=O) groups excluding carboxylic acids is 2. The molecule has 8 heteroatoms. The number of carbonyl (C=O) groups is 2. The van der Waals surface area contributed by atoms with E-state index in [1.54, 1.807) is 30.3 Å². The molecule has 30 heavy (non-hydrogen) atoms. The Morgan fingerprint density at radius 1 is 1.00 bits per heavy atom. The van der Waals surface area contributed by atoms with Crippen LogP contribution >= 0.6 is 0 Å². The van der Waals surface area contributed by atoms with Crippen molar-refractivity contribution in [3.05, 3.63) is 89.2 Å². The minimum atomic E-state index is -0.508. The highest BCUT2D eigenvalue weighted by molar-refractivity contribution is 6.05. The number of nitrogens with one attached hydrogen (secondary N) is 2. The van der Waals surface area contributed by atoms with Crippen molar-refractivity contribution in [3.63, 3.8) is 0 Å². The molecule has 0 heterocycles. The average Bonchev–Trinajstić information content (AvgIpc) is 2.75. The lowest BCUT2D eigenvalue weighted by atomic mass is 10.1. The van der Waals surface area contributed by atoms with Gasteiger partial charge in [-0.1, -0.05) is 6.07 Å². The van der Waals surface area contributed by atoms with Gasteiger partial charge >= 0.3 is 0 Å². The van der Waals surface area contributed by atoms with Gasteiger partial charge in [-0.05, 0) is 60.7 Å². The molecule has 0 unspecified atom stereocenters. The van der Waals surface area contributed by atoms with Crippen LogP contribution in [0, 0.1) is 5.82 Å². The molecule has 3 rings (SSSR count). The lowest BCUT2D eigenvalue weighted by Gasteiger charge is -2.07. The van der Waals surface area contributed by atoms with Crippen molar-refractivity contribution in [2.24, 2.45) is 5.10 Å². The molecule has 0 aliphatic carbocycles. The molecule has 0 atom stereocenters. The summed E-state index contributed by atoms with van der Waals surface area (Å²) >= 11 is 0. The zero-order valence-electron chi connectivity index (χ0n) is 15.9. The van der Waals surface area contributed by atoms with Crippen LogP contribution in [-0.4, -0.2) is 30.2 Å². The minimum Gasteiger partial charge on any atom is -0.507 e. The lowest BCUT2D eigenvalue weighted by Crippen LogP contribution is -2.18. The van der Waals surface area contributed by atoms with Crippen LogP contribution in [0.4, 0.5) is 10.1 Å². The Kier molecular flexibility index (Phi) is 6.39. The van der Waals surface area contributed by atoms with E-state index >= 15 is 0 Å². The van der Waals surface area contributed by atoms with E-state index in [-0.39, 0.29) is 16.9 Å². The molecule has 0 radical (unpaired) electrons. The summed E-state index contributed by atoms with van der Waals surface area (Å²) in [5.74, 6) is -0.858. The van der Waals surface area contributed by atoms with Crippen molar-refractivity contribution in [2.75, 3.05) is 12.4 Å². The van der Waals surface area contributed by atoms with Crippen LogP contribution in [0.5, 0.6) is 11.5 Å². The second kappa shape index (κ2) is 9.33. The normalized spacial score (nSPS) is 10.6. The molecule has 0 spiro atoms. The van der Waals surface area contributed by atoms with Crippen LogP contribution < -0.4 is 15.5 Å². The quantitative estimate of drug-likeness (QED) is 0.430. The van der Waals surface area contributed by atoms with Gasteiger partial charge in [-0.2, -0.15) is 5.10 Å². The highest BCUT2D eigenvalue weighted by Crippen LogP contribution is 2.21. The van der Waals surface area contributed by atoms with E-state index in [2.05, 4.69) is 15.8 Å². The molecule has 0 saturated carbocycles. The average molecular weight is 407 g/mol. The summed E-state index contributed by atoms with van der Waals surface area (Å²) in [7, 11) is 1.50.